The van der Waals surface area contributed by atoms with E-state index in [4.69, 9.17) is 14.2 Å². The molecule has 54 heavy (non-hydrogen) atoms. The molecule has 5 rings (SSSR count). The van der Waals surface area contributed by atoms with Crippen molar-refractivity contribution in [1.29, 1.82) is 0 Å². The number of benzene rings is 4. The molecular weight excluding hydrogens is 679 g/mol. The van der Waals surface area contributed by atoms with Crippen molar-refractivity contribution in [3.63, 3.8) is 0 Å². The number of alkyl carbamates (subject to hydrolysis) is 1. The van der Waals surface area contributed by atoms with Crippen LogP contribution < -0.4 is 15.4 Å². The highest BCUT2D eigenvalue weighted by molar-refractivity contribution is 5.89. The number of carbonyl (C=O) groups excluding carboxylic acids is 3. The van der Waals surface area contributed by atoms with E-state index in [9.17, 15) is 14.4 Å². The van der Waals surface area contributed by atoms with Crippen LogP contribution in [0.25, 0.3) is 11.1 Å². The zero-order chi connectivity index (χ0) is 38.8. The second kappa shape index (κ2) is 18.3. The molecule has 4 aromatic rings. The molecule has 2 N–H and O–H groups in total. The first-order chi connectivity index (χ1) is 25.8. The van der Waals surface area contributed by atoms with E-state index >= 15 is 0 Å². The van der Waals surface area contributed by atoms with Crippen LogP contribution in [0, 0.1) is 12.8 Å². The minimum atomic E-state index is -0.965. The lowest BCUT2D eigenvalue weighted by Crippen LogP contribution is -2.52. The molecule has 0 fully saturated rings. The molecule has 1 aliphatic carbocycles. The number of esters is 1. The number of hydrogen-bond donors (Lipinski definition) is 2. The Balaban J connectivity index is 1.18. The Morgan fingerprint density at radius 1 is 0.722 bits per heavy atom. The van der Waals surface area contributed by atoms with Gasteiger partial charge < -0.3 is 29.3 Å². The van der Waals surface area contributed by atoms with Gasteiger partial charge in [-0.3, -0.25) is 4.79 Å². The predicted molar refractivity (Wildman–Crippen MR) is 212 cm³/mol. The zero-order valence-electron chi connectivity index (χ0n) is 32.8. The van der Waals surface area contributed by atoms with Gasteiger partial charge in [0.2, 0.25) is 5.91 Å². The minimum Gasteiger partial charge on any atom is -0.494 e. The molecule has 0 saturated heterocycles. The van der Waals surface area contributed by atoms with Crippen molar-refractivity contribution in [2.45, 2.75) is 71.1 Å². The first kappa shape index (κ1) is 40.0. The van der Waals surface area contributed by atoms with Crippen molar-refractivity contribution >= 4 is 18.0 Å². The third kappa shape index (κ3) is 10.7. The highest BCUT2D eigenvalue weighted by Crippen LogP contribution is 2.44. The summed E-state index contributed by atoms with van der Waals surface area (Å²) in [4.78, 5) is 40.1. The molecule has 0 spiro atoms. The Bertz CT molecular complexity index is 1820. The van der Waals surface area contributed by atoms with Crippen LogP contribution in [0.5, 0.6) is 5.75 Å². The Morgan fingerprint density at radius 3 is 1.87 bits per heavy atom. The normalized spacial score (nSPS) is 14.0. The number of quaternary nitrogens is 1. The summed E-state index contributed by atoms with van der Waals surface area (Å²) < 4.78 is 18.8. The number of amides is 2. The lowest BCUT2D eigenvalue weighted by atomic mass is 9.98. The predicted octanol–water partition coefficient (Wildman–Crippen LogP) is 7.95. The van der Waals surface area contributed by atoms with Crippen LogP contribution in [-0.2, 0) is 19.1 Å². The average molecular weight is 735 g/mol. The fraction of sp³-hybridized carbons (Fsp3) is 0.400. The monoisotopic (exact) mass is 734 g/mol. The number of carbonyl (C=O) groups is 3. The fourth-order valence-corrected chi connectivity index (χ4v) is 6.71. The van der Waals surface area contributed by atoms with Gasteiger partial charge in [-0.15, -0.1) is 0 Å². The van der Waals surface area contributed by atoms with Gasteiger partial charge in [0.05, 0.1) is 34.3 Å². The molecule has 286 valence electrons. The molecule has 4 aromatic carbocycles. The van der Waals surface area contributed by atoms with E-state index in [2.05, 4.69) is 43.9 Å². The Morgan fingerprint density at radius 2 is 1.30 bits per heavy atom. The van der Waals surface area contributed by atoms with Crippen LogP contribution in [0.2, 0.25) is 0 Å². The van der Waals surface area contributed by atoms with E-state index in [0.717, 1.165) is 75.0 Å². The molecular formula is C45H56N3O6+. The van der Waals surface area contributed by atoms with Crippen LogP contribution in [0.4, 0.5) is 4.79 Å². The summed E-state index contributed by atoms with van der Waals surface area (Å²) in [7, 11) is 6.61. The molecule has 9 nitrogen and oxygen atoms in total. The second-order valence-electron chi connectivity index (χ2n) is 15.6. The van der Waals surface area contributed by atoms with Gasteiger partial charge in [0, 0.05) is 5.92 Å². The molecule has 0 radical (unpaired) electrons. The van der Waals surface area contributed by atoms with Gasteiger partial charge in [0.25, 0.3) is 0 Å². The van der Waals surface area contributed by atoms with E-state index in [0.29, 0.717) is 6.61 Å². The van der Waals surface area contributed by atoms with Crippen molar-refractivity contribution in [1.82, 2.24) is 10.6 Å². The quantitative estimate of drug-likeness (QED) is 0.0649. The molecule has 1 aliphatic rings. The van der Waals surface area contributed by atoms with E-state index in [1.165, 1.54) is 0 Å². The lowest BCUT2D eigenvalue weighted by molar-refractivity contribution is -0.870. The first-order valence-electron chi connectivity index (χ1n) is 19.0. The van der Waals surface area contributed by atoms with Gasteiger partial charge in [-0.05, 0) is 84.5 Å². The smallest absolute Gasteiger partial charge is 0.407 e. The summed E-state index contributed by atoms with van der Waals surface area (Å²) in [5.74, 6) is -0.744. The van der Waals surface area contributed by atoms with E-state index in [1.54, 1.807) is 6.92 Å². The van der Waals surface area contributed by atoms with Crippen molar-refractivity contribution < 1.29 is 33.1 Å². The van der Waals surface area contributed by atoms with E-state index in [-0.39, 0.29) is 18.4 Å². The number of rotatable bonds is 17. The summed E-state index contributed by atoms with van der Waals surface area (Å²) in [6.07, 6.45) is 1.82. The van der Waals surface area contributed by atoms with Gasteiger partial charge in [0.15, 0.2) is 6.10 Å². The summed E-state index contributed by atoms with van der Waals surface area (Å²) in [6, 6.07) is 29.7. The van der Waals surface area contributed by atoms with Gasteiger partial charge in [-0.1, -0.05) is 104 Å². The first-order valence-corrected chi connectivity index (χ1v) is 19.0. The summed E-state index contributed by atoms with van der Waals surface area (Å²) in [5, 5.41) is 5.44. The number of hydrogen-bond acceptors (Lipinski definition) is 6. The van der Waals surface area contributed by atoms with Crippen molar-refractivity contribution in [2.24, 2.45) is 5.92 Å². The highest BCUT2D eigenvalue weighted by atomic mass is 16.6. The van der Waals surface area contributed by atoms with Crippen molar-refractivity contribution in [3.8, 4) is 16.9 Å². The summed E-state index contributed by atoms with van der Waals surface area (Å²) >= 11 is 0. The maximum absolute atomic E-state index is 13.8. The third-order valence-electron chi connectivity index (χ3n) is 9.83. The van der Waals surface area contributed by atoms with Crippen LogP contribution in [0.15, 0.2) is 97.1 Å². The van der Waals surface area contributed by atoms with Crippen LogP contribution in [0.1, 0.15) is 79.9 Å². The lowest BCUT2D eigenvalue weighted by Gasteiger charge is -2.26. The molecule has 0 heterocycles. The van der Waals surface area contributed by atoms with E-state index < -0.39 is 36.2 Å². The molecule has 3 unspecified atom stereocenters. The topological polar surface area (TPSA) is 103 Å². The summed E-state index contributed by atoms with van der Waals surface area (Å²) in [6.45, 7) is 9.13. The number of nitrogens with zero attached hydrogens (tertiary/aromatic N) is 1. The van der Waals surface area contributed by atoms with Gasteiger partial charge in [-0.2, -0.15) is 0 Å². The van der Waals surface area contributed by atoms with Crippen LogP contribution in [0.3, 0.4) is 0 Å². The average Bonchev–Trinajstić information content (AvgIpc) is 3.46. The number of aryl methyl sites for hydroxylation is 1. The Labute approximate surface area is 320 Å². The van der Waals surface area contributed by atoms with Crippen LogP contribution >= 0.6 is 0 Å². The molecule has 0 bridgehead atoms. The molecule has 2 amide bonds. The SMILES string of the molecule is Cc1ccc(C(OC(=O)C(NC(=O)C(C)NC(=O)OCC2c3ccccc3-c3ccccc32)C(C)C)c2ccc(OCCCCC[N+](C)(C)C)cc2)cc1. The Hall–Kier alpha value is -5.15. The fourth-order valence-electron chi connectivity index (χ4n) is 6.71. The third-order valence-corrected chi connectivity index (χ3v) is 9.83. The molecule has 0 saturated carbocycles. The standard InChI is InChI=1S/C45H55N3O6/c1-30(2)41(47-43(49)32(4)46-45(51)53-29-40-38-17-11-9-15-36(38)37-16-10-12-18-39(37)40)44(50)54-42(33-21-19-31(3)20-22-33)34-23-25-35(26-24-34)52-28-14-8-13-27-48(5,6)7/h9-12,15-26,30,32,40-42H,8,13-14,27-29H2,1-7H3,(H-,46,47,49,51)/p+1. The molecule has 0 aliphatic heterocycles. The minimum absolute atomic E-state index is 0.106. The van der Waals surface area contributed by atoms with Crippen LogP contribution in [-0.4, -0.2) is 75.4 Å². The number of nitrogens with one attached hydrogen (secondary N) is 2. The number of unbranched alkanes of at least 4 members (excludes halogenated alkanes) is 2. The zero-order valence-corrected chi connectivity index (χ0v) is 32.8. The molecule has 9 heteroatoms. The van der Waals surface area contributed by atoms with Crippen molar-refractivity contribution in [3.05, 3.63) is 125 Å². The second-order valence-corrected chi connectivity index (χ2v) is 15.6. The maximum atomic E-state index is 13.8. The largest absolute Gasteiger partial charge is 0.494 e. The Kier molecular flexibility index (Phi) is 13.5. The highest BCUT2D eigenvalue weighted by Gasteiger charge is 2.32. The van der Waals surface area contributed by atoms with E-state index in [1.807, 2.05) is 106 Å². The summed E-state index contributed by atoms with van der Waals surface area (Å²) in [5.41, 5.74) is 7.12. The number of ether oxygens (including phenoxy) is 3. The molecule has 0 aromatic heterocycles. The van der Waals surface area contributed by atoms with Gasteiger partial charge >= 0.3 is 12.1 Å². The molecule has 3 atom stereocenters. The van der Waals surface area contributed by atoms with Gasteiger partial charge in [-0.25, -0.2) is 9.59 Å². The maximum Gasteiger partial charge on any atom is 0.407 e. The van der Waals surface area contributed by atoms with Gasteiger partial charge in [0.1, 0.15) is 24.4 Å². The van der Waals surface area contributed by atoms with Crippen molar-refractivity contribution in [2.75, 3.05) is 40.9 Å². The number of fused-ring (bicyclic) bond motifs is 3.